The molecule has 0 aromatic carbocycles. The Hall–Kier alpha value is -0.500. The summed E-state index contributed by atoms with van der Waals surface area (Å²) in [7, 11) is 0. The van der Waals surface area contributed by atoms with Crippen LogP contribution < -0.4 is 5.48 Å². The molecular formula is C7H15NO. The highest BCUT2D eigenvalue weighted by Crippen LogP contribution is 1.82. The van der Waals surface area contributed by atoms with Crippen LogP contribution in [0.1, 0.15) is 27.2 Å². The van der Waals surface area contributed by atoms with E-state index < -0.39 is 0 Å². The molecule has 0 radical (unpaired) electrons. The first kappa shape index (κ1) is 8.50. The summed E-state index contributed by atoms with van der Waals surface area (Å²) in [6, 6.07) is 0. The van der Waals surface area contributed by atoms with Gasteiger partial charge < -0.3 is 0 Å². The number of hydrogen-bond donors (Lipinski definition) is 1. The van der Waals surface area contributed by atoms with E-state index in [0.717, 1.165) is 6.42 Å². The van der Waals surface area contributed by atoms with Gasteiger partial charge in [-0.3, -0.25) is 10.3 Å². The number of hydrogen-bond acceptors (Lipinski definition) is 2. The molecule has 54 valence electrons. The van der Waals surface area contributed by atoms with Crippen molar-refractivity contribution in [3.05, 3.63) is 12.3 Å². The van der Waals surface area contributed by atoms with Gasteiger partial charge in [0.05, 0.1) is 6.10 Å². The second-order valence-electron chi connectivity index (χ2n) is 2.10. The molecule has 0 unspecified atom stereocenters. The second kappa shape index (κ2) is 5.63. The zero-order valence-corrected chi connectivity index (χ0v) is 6.35. The van der Waals surface area contributed by atoms with Crippen LogP contribution >= 0.6 is 0 Å². The standard InChI is InChI=1S/C7H15NO/c1-4-5-6-8-9-7(2)3/h5-8H,4H2,1-3H3/b6-5+. The van der Waals surface area contributed by atoms with Gasteiger partial charge in [-0.15, -0.1) is 0 Å². The van der Waals surface area contributed by atoms with E-state index in [4.69, 9.17) is 4.84 Å². The summed E-state index contributed by atoms with van der Waals surface area (Å²) in [6.07, 6.45) is 5.09. The van der Waals surface area contributed by atoms with Gasteiger partial charge in [0.1, 0.15) is 0 Å². The summed E-state index contributed by atoms with van der Waals surface area (Å²) in [5, 5.41) is 0. The minimum absolute atomic E-state index is 0.242. The zero-order valence-electron chi connectivity index (χ0n) is 6.35. The van der Waals surface area contributed by atoms with Crippen LogP contribution in [0.25, 0.3) is 0 Å². The van der Waals surface area contributed by atoms with E-state index in [2.05, 4.69) is 12.4 Å². The Labute approximate surface area is 56.9 Å². The van der Waals surface area contributed by atoms with E-state index in [1.165, 1.54) is 0 Å². The van der Waals surface area contributed by atoms with E-state index in [0.29, 0.717) is 0 Å². The quantitative estimate of drug-likeness (QED) is 0.585. The van der Waals surface area contributed by atoms with Crippen molar-refractivity contribution in [1.29, 1.82) is 0 Å². The van der Waals surface area contributed by atoms with Gasteiger partial charge in [0.15, 0.2) is 0 Å². The summed E-state index contributed by atoms with van der Waals surface area (Å²) < 4.78 is 0. The molecular weight excluding hydrogens is 114 g/mol. The predicted molar refractivity (Wildman–Crippen MR) is 38.8 cm³/mol. The van der Waals surface area contributed by atoms with Gasteiger partial charge in [0.2, 0.25) is 0 Å². The van der Waals surface area contributed by atoms with Crippen molar-refractivity contribution in [3.8, 4) is 0 Å². The van der Waals surface area contributed by atoms with Crippen LogP contribution in [0, 0.1) is 0 Å². The summed E-state index contributed by atoms with van der Waals surface area (Å²) in [5.74, 6) is 0. The summed E-state index contributed by atoms with van der Waals surface area (Å²) in [5.41, 5.74) is 2.71. The Morgan fingerprint density at radius 3 is 2.67 bits per heavy atom. The zero-order chi connectivity index (χ0) is 7.11. The Balaban J connectivity index is 2.99. The molecule has 0 aliphatic rings. The fourth-order valence-electron chi connectivity index (χ4n) is 0.341. The van der Waals surface area contributed by atoms with Crippen molar-refractivity contribution in [2.75, 3.05) is 0 Å². The molecule has 0 saturated carbocycles. The van der Waals surface area contributed by atoms with Gasteiger partial charge >= 0.3 is 0 Å². The molecule has 0 heterocycles. The molecule has 2 nitrogen and oxygen atoms in total. The Bertz CT molecular complexity index is 79.0. The van der Waals surface area contributed by atoms with Crippen LogP contribution in [-0.4, -0.2) is 6.10 Å². The van der Waals surface area contributed by atoms with Crippen molar-refractivity contribution in [1.82, 2.24) is 5.48 Å². The first-order valence-corrected chi connectivity index (χ1v) is 3.33. The fraction of sp³-hybridized carbons (Fsp3) is 0.714. The van der Waals surface area contributed by atoms with E-state index >= 15 is 0 Å². The van der Waals surface area contributed by atoms with Crippen LogP contribution in [0.15, 0.2) is 12.3 Å². The molecule has 0 saturated heterocycles. The molecule has 9 heavy (non-hydrogen) atoms. The molecule has 2 heteroatoms. The number of hydroxylamine groups is 1. The van der Waals surface area contributed by atoms with Gasteiger partial charge in [-0.05, 0) is 20.3 Å². The largest absolute Gasteiger partial charge is 0.274 e. The highest BCUT2D eigenvalue weighted by molar-refractivity contribution is 4.73. The lowest BCUT2D eigenvalue weighted by Gasteiger charge is -2.03. The molecule has 0 aromatic rings. The third kappa shape index (κ3) is 7.50. The van der Waals surface area contributed by atoms with Crippen molar-refractivity contribution >= 4 is 0 Å². The monoisotopic (exact) mass is 129 g/mol. The van der Waals surface area contributed by atoms with Crippen molar-refractivity contribution < 1.29 is 4.84 Å². The van der Waals surface area contributed by atoms with Crippen molar-refractivity contribution in [2.24, 2.45) is 0 Å². The highest BCUT2D eigenvalue weighted by atomic mass is 16.7. The van der Waals surface area contributed by atoms with Crippen LogP contribution in [0.4, 0.5) is 0 Å². The topological polar surface area (TPSA) is 21.3 Å². The molecule has 1 N–H and O–H groups in total. The third-order valence-electron chi connectivity index (χ3n) is 0.725. The average molecular weight is 129 g/mol. The Kier molecular flexibility index (Phi) is 5.32. The maximum atomic E-state index is 5.01. The first-order valence-electron chi connectivity index (χ1n) is 3.33. The van der Waals surface area contributed by atoms with Gasteiger partial charge in [-0.25, -0.2) is 0 Å². The lowest BCUT2D eigenvalue weighted by molar-refractivity contribution is 0.0210. The Morgan fingerprint density at radius 1 is 1.56 bits per heavy atom. The van der Waals surface area contributed by atoms with Gasteiger partial charge in [-0.2, -0.15) is 0 Å². The minimum Gasteiger partial charge on any atom is -0.274 e. The molecule has 0 rings (SSSR count). The second-order valence-corrected chi connectivity index (χ2v) is 2.10. The molecule has 0 aromatic heterocycles. The predicted octanol–water partition coefficient (Wildman–Crippen LogP) is 1.84. The van der Waals surface area contributed by atoms with E-state index in [-0.39, 0.29) is 6.10 Å². The molecule has 0 fully saturated rings. The molecule has 0 amide bonds. The van der Waals surface area contributed by atoms with E-state index in [1.54, 1.807) is 6.20 Å². The average Bonchev–Trinajstić information content (AvgIpc) is 1.80. The molecule has 0 atom stereocenters. The Morgan fingerprint density at radius 2 is 2.22 bits per heavy atom. The van der Waals surface area contributed by atoms with Crippen molar-refractivity contribution in [3.63, 3.8) is 0 Å². The lowest BCUT2D eigenvalue weighted by Crippen LogP contribution is -2.12. The molecule has 0 spiro atoms. The smallest absolute Gasteiger partial charge is 0.0797 e. The fourth-order valence-corrected chi connectivity index (χ4v) is 0.341. The van der Waals surface area contributed by atoms with Gasteiger partial charge in [0.25, 0.3) is 0 Å². The van der Waals surface area contributed by atoms with Crippen LogP contribution in [0.3, 0.4) is 0 Å². The third-order valence-corrected chi connectivity index (χ3v) is 0.725. The SMILES string of the molecule is CC/C=C/NOC(C)C. The van der Waals surface area contributed by atoms with E-state index in [9.17, 15) is 0 Å². The van der Waals surface area contributed by atoms with Gasteiger partial charge in [0, 0.05) is 6.20 Å². The van der Waals surface area contributed by atoms with Crippen LogP contribution in [0.2, 0.25) is 0 Å². The maximum Gasteiger partial charge on any atom is 0.0797 e. The normalized spacial score (nSPS) is 11.1. The van der Waals surface area contributed by atoms with Crippen LogP contribution in [0.5, 0.6) is 0 Å². The molecule has 0 aliphatic heterocycles. The van der Waals surface area contributed by atoms with E-state index in [1.807, 2.05) is 19.9 Å². The number of rotatable bonds is 4. The van der Waals surface area contributed by atoms with Crippen LogP contribution in [-0.2, 0) is 4.84 Å². The highest BCUT2D eigenvalue weighted by Gasteiger charge is 1.85. The summed E-state index contributed by atoms with van der Waals surface area (Å²) >= 11 is 0. The lowest BCUT2D eigenvalue weighted by atomic mass is 10.5. The van der Waals surface area contributed by atoms with Gasteiger partial charge in [-0.1, -0.05) is 13.0 Å². The molecule has 0 aliphatic carbocycles. The maximum absolute atomic E-state index is 5.01. The molecule has 0 bridgehead atoms. The number of allylic oxidation sites excluding steroid dienone is 1. The minimum atomic E-state index is 0.242. The number of nitrogens with one attached hydrogen (secondary N) is 1. The summed E-state index contributed by atoms with van der Waals surface area (Å²) in [4.78, 5) is 5.01. The van der Waals surface area contributed by atoms with Crippen molar-refractivity contribution in [2.45, 2.75) is 33.3 Å². The first-order chi connectivity index (χ1) is 4.27. The summed E-state index contributed by atoms with van der Waals surface area (Å²) in [6.45, 7) is 6.03.